The highest BCUT2D eigenvalue weighted by Crippen LogP contribution is 2.38. The Labute approximate surface area is 192 Å². The quantitative estimate of drug-likeness (QED) is 0.525. The lowest BCUT2D eigenvalue weighted by Gasteiger charge is -2.38. The van der Waals surface area contributed by atoms with Crippen molar-refractivity contribution in [3.63, 3.8) is 0 Å². The molecule has 0 aromatic heterocycles. The van der Waals surface area contributed by atoms with Crippen LogP contribution in [0.1, 0.15) is 43.4 Å². The van der Waals surface area contributed by atoms with Gasteiger partial charge in [0.25, 0.3) is 0 Å². The first kappa shape index (κ1) is 24.4. The van der Waals surface area contributed by atoms with Crippen LogP contribution in [0.15, 0.2) is 48.5 Å². The molecule has 0 radical (unpaired) electrons. The zero-order valence-corrected chi connectivity index (χ0v) is 19.9. The smallest absolute Gasteiger partial charge is 0.316 e. The number of carbonyl (C=O) groups is 1. The molecule has 1 unspecified atom stereocenters. The van der Waals surface area contributed by atoms with Gasteiger partial charge >= 0.3 is 5.97 Å². The molecule has 0 saturated carbocycles. The molecule has 3 rings (SSSR count). The molecule has 1 fully saturated rings. The summed E-state index contributed by atoms with van der Waals surface area (Å²) < 4.78 is 18.7. The van der Waals surface area contributed by atoms with Gasteiger partial charge in [0.15, 0.2) is 0 Å². The van der Waals surface area contributed by atoms with Crippen LogP contribution in [-0.2, 0) is 21.5 Å². The Bertz CT molecular complexity index is 875. The van der Waals surface area contributed by atoms with Crippen LogP contribution in [0, 0.1) is 18.7 Å². The number of halogens is 1. The third-order valence-corrected chi connectivity index (χ3v) is 6.89. The summed E-state index contributed by atoms with van der Waals surface area (Å²) in [6.07, 6.45) is 1.58. The number of carbonyl (C=O) groups excluding carboxylic acids is 1. The van der Waals surface area contributed by atoms with E-state index < -0.39 is 5.41 Å². The Hall–Kier alpha value is -2.24. The number of hydrogen-bond donors (Lipinski definition) is 0. The third kappa shape index (κ3) is 5.76. The third-order valence-electron chi connectivity index (χ3n) is 6.89. The van der Waals surface area contributed by atoms with Crippen molar-refractivity contribution >= 4 is 5.97 Å². The maximum absolute atomic E-state index is 13.5. The molecule has 0 aliphatic carbocycles. The molecule has 1 aliphatic rings. The fourth-order valence-electron chi connectivity index (χ4n) is 4.97. The zero-order valence-electron chi connectivity index (χ0n) is 19.9. The van der Waals surface area contributed by atoms with Gasteiger partial charge in [0.05, 0.1) is 12.5 Å². The van der Waals surface area contributed by atoms with Crippen molar-refractivity contribution in [3.05, 3.63) is 71.0 Å². The first-order chi connectivity index (χ1) is 15.3. The first-order valence-corrected chi connectivity index (χ1v) is 11.7. The maximum Gasteiger partial charge on any atom is 0.316 e. The highest BCUT2D eigenvalue weighted by atomic mass is 19.1. The summed E-state index contributed by atoms with van der Waals surface area (Å²) in [4.78, 5) is 17.9. The number of methoxy groups -OCH3 is 1. The van der Waals surface area contributed by atoms with Crippen molar-refractivity contribution in [2.45, 2.75) is 45.6 Å². The summed E-state index contributed by atoms with van der Waals surface area (Å²) in [6.45, 7) is 12.4. The van der Waals surface area contributed by atoms with E-state index in [9.17, 15) is 9.18 Å². The van der Waals surface area contributed by atoms with Crippen LogP contribution in [0.2, 0.25) is 0 Å². The molecule has 0 amide bonds. The second kappa shape index (κ2) is 11.1. The number of aryl methyl sites for hydroxylation is 1. The molecule has 2 aromatic carbocycles. The maximum atomic E-state index is 13.5. The SMILES string of the molecule is COC(=O)C(CCCN1CCN(Cc2cccc(C)c2)CC1)(c1ccc(F)cc1)C(C)C. The second-order valence-corrected chi connectivity index (χ2v) is 9.33. The molecular weight excluding hydrogens is 403 g/mol. The molecule has 0 bridgehead atoms. The van der Waals surface area contributed by atoms with Crippen molar-refractivity contribution in [1.29, 1.82) is 0 Å². The van der Waals surface area contributed by atoms with Gasteiger partial charge in [0.2, 0.25) is 0 Å². The number of nitrogens with zero attached hydrogens (tertiary/aromatic N) is 2. The fraction of sp³-hybridized carbons (Fsp3) is 0.519. The molecular formula is C27H37FN2O2. The normalized spacial score (nSPS) is 17.3. The van der Waals surface area contributed by atoms with Gasteiger partial charge < -0.3 is 9.64 Å². The molecule has 1 atom stereocenters. The number of piperazine rings is 1. The summed E-state index contributed by atoms with van der Waals surface area (Å²) in [6, 6.07) is 15.1. The molecule has 1 aliphatic heterocycles. The van der Waals surface area contributed by atoms with Crippen LogP contribution in [0.5, 0.6) is 0 Å². The van der Waals surface area contributed by atoms with Gasteiger partial charge in [-0.1, -0.05) is 55.8 Å². The molecule has 5 heteroatoms. The minimum atomic E-state index is -0.755. The average Bonchev–Trinajstić information content (AvgIpc) is 2.78. The van der Waals surface area contributed by atoms with Crippen LogP contribution in [0.3, 0.4) is 0 Å². The summed E-state index contributed by atoms with van der Waals surface area (Å²) in [7, 11) is 1.44. The van der Waals surface area contributed by atoms with E-state index in [-0.39, 0.29) is 17.7 Å². The van der Waals surface area contributed by atoms with Crippen LogP contribution in [0.4, 0.5) is 4.39 Å². The Morgan fingerprint density at radius 1 is 1.06 bits per heavy atom. The van der Waals surface area contributed by atoms with E-state index >= 15 is 0 Å². The standard InChI is InChI=1S/C27H37FN2O2/c1-21(2)27(26(31)32-4,24-9-11-25(28)12-10-24)13-6-14-29-15-17-30(18-16-29)20-23-8-5-7-22(3)19-23/h5,7-12,19,21H,6,13-18,20H2,1-4H3. The van der Waals surface area contributed by atoms with E-state index in [4.69, 9.17) is 4.74 Å². The molecule has 0 spiro atoms. The van der Waals surface area contributed by atoms with Gasteiger partial charge in [-0.05, 0) is 55.5 Å². The summed E-state index contributed by atoms with van der Waals surface area (Å²) in [5.74, 6) is -0.478. The molecule has 1 heterocycles. The van der Waals surface area contributed by atoms with Crippen LogP contribution in [-0.4, -0.2) is 55.6 Å². The van der Waals surface area contributed by atoms with Crippen molar-refractivity contribution < 1.29 is 13.9 Å². The monoisotopic (exact) mass is 440 g/mol. The van der Waals surface area contributed by atoms with Crippen LogP contribution < -0.4 is 0 Å². The average molecular weight is 441 g/mol. The molecule has 0 N–H and O–H groups in total. The van der Waals surface area contributed by atoms with Gasteiger partial charge in [0, 0.05) is 32.7 Å². The van der Waals surface area contributed by atoms with Crippen molar-refractivity contribution in [2.75, 3.05) is 39.8 Å². The number of benzene rings is 2. The Kier molecular flexibility index (Phi) is 8.44. The Morgan fingerprint density at radius 2 is 1.72 bits per heavy atom. The Balaban J connectivity index is 1.57. The molecule has 2 aromatic rings. The van der Waals surface area contributed by atoms with Crippen molar-refractivity contribution in [3.8, 4) is 0 Å². The van der Waals surface area contributed by atoms with E-state index in [1.807, 2.05) is 13.8 Å². The highest BCUT2D eigenvalue weighted by molar-refractivity contribution is 5.83. The predicted molar refractivity (Wildman–Crippen MR) is 127 cm³/mol. The second-order valence-electron chi connectivity index (χ2n) is 9.33. The lowest BCUT2D eigenvalue weighted by molar-refractivity contribution is -0.150. The minimum Gasteiger partial charge on any atom is -0.468 e. The van der Waals surface area contributed by atoms with Gasteiger partial charge in [-0.2, -0.15) is 0 Å². The number of rotatable bonds is 9. The van der Waals surface area contributed by atoms with Crippen LogP contribution >= 0.6 is 0 Å². The summed E-state index contributed by atoms with van der Waals surface area (Å²) >= 11 is 0. The van der Waals surface area contributed by atoms with E-state index in [2.05, 4.69) is 41.0 Å². The highest BCUT2D eigenvalue weighted by Gasteiger charge is 2.44. The number of hydrogen-bond acceptors (Lipinski definition) is 4. The van der Waals surface area contributed by atoms with E-state index in [1.54, 1.807) is 12.1 Å². The zero-order chi connectivity index (χ0) is 23.1. The fourth-order valence-corrected chi connectivity index (χ4v) is 4.97. The van der Waals surface area contributed by atoms with Gasteiger partial charge in [-0.3, -0.25) is 9.69 Å². The van der Waals surface area contributed by atoms with E-state index in [1.165, 1.54) is 30.4 Å². The molecule has 32 heavy (non-hydrogen) atoms. The predicted octanol–water partition coefficient (Wildman–Crippen LogP) is 4.80. The number of ether oxygens (including phenoxy) is 1. The van der Waals surface area contributed by atoms with E-state index in [0.717, 1.165) is 51.3 Å². The van der Waals surface area contributed by atoms with Gasteiger partial charge in [0.1, 0.15) is 5.82 Å². The lowest BCUT2D eigenvalue weighted by atomic mass is 9.68. The number of esters is 1. The van der Waals surface area contributed by atoms with Crippen molar-refractivity contribution in [2.24, 2.45) is 5.92 Å². The largest absolute Gasteiger partial charge is 0.468 e. The van der Waals surface area contributed by atoms with E-state index in [0.29, 0.717) is 6.42 Å². The van der Waals surface area contributed by atoms with Crippen LogP contribution in [0.25, 0.3) is 0 Å². The minimum absolute atomic E-state index is 0.0478. The molecule has 1 saturated heterocycles. The van der Waals surface area contributed by atoms with Crippen molar-refractivity contribution in [1.82, 2.24) is 9.80 Å². The molecule has 4 nitrogen and oxygen atoms in total. The summed E-state index contributed by atoms with van der Waals surface area (Å²) in [5, 5.41) is 0. The summed E-state index contributed by atoms with van der Waals surface area (Å²) in [5.41, 5.74) is 2.76. The Morgan fingerprint density at radius 3 is 2.31 bits per heavy atom. The van der Waals surface area contributed by atoms with Gasteiger partial charge in [-0.15, -0.1) is 0 Å². The first-order valence-electron chi connectivity index (χ1n) is 11.7. The topological polar surface area (TPSA) is 32.8 Å². The molecule has 174 valence electrons. The van der Waals surface area contributed by atoms with Gasteiger partial charge in [-0.25, -0.2) is 4.39 Å². The lowest BCUT2D eigenvalue weighted by Crippen LogP contribution is -2.47.